The lowest BCUT2D eigenvalue weighted by atomic mass is 10.0. The van der Waals surface area contributed by atoms with Crippen molar-refractivity contribution in [3.63, 3.8) is 0 Å². The number of carbonyl (C=O) groups is 2. The Bertz CT molecular complexity index is 426. The maximum absolute atomic E-state index is 11.6. The Morgan fingerprint density at radius 2 is 1.27 bits per heavy atom. The average molecular weight is 426 g/mol. The number of carbonyl (C=O) groups excluding carboxylic acids is 2. The molecule has 1 saturated heterocycles. The molecule has 0 radical (unpaired) electrons. The van der Waals surface area contributed by atoms with E-state index in [0.717, 1.165) is 32.5 Å². The van der Waals surface area contributed by atoms with Crippen LogP contribution in [-0.4, -0.2) is 49.8 Å². The summed E-state index contributed by atoms with van der Waals surface area (Å²) in [6.07, 6.45) is 20.0. The molecule has 2 N–H and O–H groups in total. The number of rotatable bonds is 18. The quantitative estimate of drug-likeness (QED) is 0.264. The first-order valence-corrected chi connectivity index (χ1v) is 12.7. The first-order chi connectivity index (χ1) is 14.7. The normalized spacial score (nSPS) is 14.0. The van der Waals surface area contributed by atoms with E-state index in [1.165, 1.54) is 89.9 Å². The Kier molecular flexibility index (Phi) is 17.5. The van der Waals surface area contributed by atoms with Crippen LogP contribution in [0.15, 0.2) is 0 Å². The highest BCUT2D eigenvalue weighted by Gasteiger charge is 2.12. The van der Waals surface area contributed by atoms with Gasteiger partial charge >= 0.3 is 12.1 Å². The van der Waals surface area contributed by atoms with Crippen molar-refractivity contribution in [2.75, 3.05) is 32.8 Å². The van der Waals surface area contributed by atoms with Gasteiger partial charge < -0.3 is 15.0 Å². The minimum Gasteiger partial charge on any atom is -0.449 e. The van der Waals surface area contributed by atoms with Gasteiger partial charge in [-0.15, -0.1) is 0 Å². The van der Waals surface area contributed by atoms with Crippen LogP contribution >= 0.6 is 0 Å². The van der Waals surface area contributed by atoms with Crippen molar-refractivity contribution in [2.45, 2.75) is 110 Å². The van der Waals surface area contributed by atoms with Gasteiger partial charge in [0.2, 0.25) is 0 Å². The van der Waals surface area contributed by atoms with Gasteiger partial charge in [-0.1, -0.05) is 90.4 Å². The lowest BCUT2D eigenvalue weighted by Gasteiger charge is -2.14. The molecular formula is C24H47N3O3. The number of likely N-dealkylation sites (tertiary alicyclic amines) is 1. The molecule has 0 bridgehead atoms. The van der Waals surface area contributed by atoms with Crippen molar-refractivity contribution in [1.29, 1.82) is 0 Å². The number of nitrogens with one attached hydrogen (secondary N) is 2. The Labute approximate surface area is 184 Å². The summed E-state index contributed by atoms with van der Waals surface area (Å²) in [5.74, 6) is 0. The van der Waals surface area contributed by atoms with Gasteiger partial charge in [0.1, 0.15) is 0 Å². The number of urea groups is 1. The van der Waals surface area contributed by atoms with Crippen molar-refractivity contribution in [3.05, 3.63) is 0 Å². The van der Waals surface area contributed by atoms with Gasteiger partial charge in [-0.25, -0.2) is 14.9 Å². The molecule has 176 valence electrons. The van der Waals surface area contributed by atoms with Crippen molar-refractivity contribution in [3.8, 4) is 0 Å². The third kappa shape index (κ3) is 16.5. The van der Waals surface area contributed by atoms with E-state index >= 15 is 0 Å². The van der Waals surface area contributed by atoms with Crippen LogP contribution in [0.1, 0.15) is 110 Å². The second kappa shape index (κ2) is 19.7. The molecule has 0 saturated carbocycles. The van der Waals surface area contributed by atoms with Crippen LogP contribution in [0.4, 0.5) is 9.59 Å². The van der Waals surface area contributed by atoms with Crippen LogP contribution in [0.5, 0.6) is 0 Å². The Morgan fingerprint density at radius 3 is 1.80 bits per heavy atom. The van der Waals surface area contributed by atoms with Crippen LogP contribution in [-0.2, 0) is 4.74 Å². The number of unbranched alkanes of at least 4 members (excludes halogenated alkanes) is 13. The average Bonchev–Trinajstić information content (AvgIpc) is 3.24. The molecule has 0 aromatic rings. The van der Waals surface area contributed by atoms with Gasteiger partial charge in [0.25, 0.3) is 0 Å². The van der Waals surface area contributed by atoms with Crippen molar-refractivity contribution in [1.82, 2.24) is 15.5 Å². The molecule has 0 aromatic carbocycles. The van der Waals surface area contributed by atoms with E-state index in [4.69, 9.17) is 4.74 Å². The summed E-state index contributed by atoms with van der Waals surface area (Å²) in [7, 11) is 0. The summed E-state index contributed by atoms with van der Waals surface area (Å²) in [6, 6.07) is -0.472. The maximum Gasteiger partial charge on any atom is 0.415 e. The topological polar surface area (TPSA) is 70.7 Å². The third-order valence-electron chi connectivity index (χ3n) is 5.86. The molecule has 0 atom stereocenters. The smallest absolute Gasteiger partial charge is 0.415 e. The summed E-state index contributed by atoms with van der Waals surface area (Å²) in [4.78, 5) is 25.6. The van der Waals surface area contributed by atoms with Crippen LogP contribution in [0, 0.1) is 0 Å². The summed E-state index contributed by atoms with van der Waals surface area (Å²) in [5.41, 5.74) is 0. The van der Waals surface area contributed by atoms with E-state index in [1.54, 1.807) is 0 Å². The largest absolute Gasteiger partial charge is 0.449 e. The number of imide groups is 1. The molecule has 0 aliphatic carbocycles. The minimum absolute atomic E-state index is 0.380. The van der Waals surface area contributed by atoms with Crippen LogP contribution in [0.25, 0.3) is 0 Å². The Morgan fingerprint density at radius 1 is 0.767 bits per heavy atom. The second-order valence-corrected chi connectivity index (χ2v) is 8.66. The van der Waals surface area contributed by atoms with Crippen molar-refractivity contribution in [2.24, 2.45) is 0 Å². The predicted molar refractivity (Wildman–Crippen MR) is 124 cm³/mol. The van der Waals surface area contributed by atoms with E-state index in [9.17, 15) is 9.59 Å². The molecule has 0 unspecified atom stereocenters. The highest BCUT2D eigenvalue weighted by atomic mass is 16.5. The van der Waals surface area contributed by atoms with Gasteiger partial charge in [0.15, 0.2) is 0 Å². The van der Waals surface area contributed by atoms with Gasteiger partial charge in [-0.05, 0) is 32.4 Å². The van der Waals surface area contributed by atoms with E-state index in [2.05, 4.69) is 22.5 Å². The number of hydrogen-bond acceptors (Lipinski definition) is 4. The molecule has 1 aliphatic rings. The number of hydrogen-bond donors (Lipinski definition) is 2. The fraction of sp³-hybridized carbons (Fsp3) is 0.917. The van der Waals surface area contributed by atoms with Gasteiger partial charge in [-0.2, -0.15) is 0 Å². The molecule has 1 aliphatic heterocycles. The Balaban J connectivity index is 1.77. The molecular weight excluding hydrogens is 378 g/mol. The highest BCUT2D eigenvalue weighted by molar-refractivity contribution is 5.90. The molecule has 6 nitrogen and oxygen atoms in total. The van der Waals surface area contributed by atoms with E-state index in [0.29, 0.717) is 13.2 Å². The van der Waals surface area contributed by atoms with E-state index in [1.807, 2.05) is 0 Å². The van der Waals surface area contributed by atoms with E-state index in [-0.39, 0.29) is 0 Å². The minimum atomic E-state index is -0.650. The second-order valence-electron chi connectivity index (χ2n) is 8.66. The number of ether oxygens (including phenoxy) is 1. The zero-order valence-corrected chi connectivity index (χ0v) is 19.5. The molecule has 1 heterocycles. The summed E-state index contributed by atoms with van der Waals surface area (Å²) < 4.78 is 5.08. The zero-order valence-electron chi connectivity index (χ0n) is 19.5. The molecule has 1 rings (SSSR count). The standard InChI is InChI=1S/C24H47N3O3/c1-2-3-4-5-6-7-8-9-10-11-12-13-14-17-22-30-24(29)26-23(28)25-18-21-27-19-15-16-20-27/h2-22H2,1H3,(H2,25,26,28,29). The Hall–Kier alpha value is -1.30. The molecule has 3 amide bonds. The van der Waals surface area contributed by atoms with Crippen molar-refractivity contribution >= 4 is 12.1 Å². The van der Waals surface area contributed by atoms with Gasteiger partial charge in [-0.3, -0.25) is 0 Å². The lowest BCUT2D eigenvalue weighted by molar-refractivity contribution is 0.144. The van der Waals surface area contributed by atoms with Gasteiger partial charge in [0.05, 0.1) is 6.61 Å². The fourth-order valence-electron chi connectivity index (χ4n) is 3.97. The summed E-state index contributed by atoms with van der Waals surface area (Å²) in [5, 5.41) is 4.93. The van der Waals surface area contributed by atoms with Gasteiger partial charge in [0, 0.05) is 13.1 Å². The zero-order chi connectivity index (χ0) is 21.7. The first kappa shape index (κ1) is 26.7. The SMILES string of the molecule is CCCCCCCCCCCCCCCCOC(=O)NC(=O)NCCN1CCCC1. The summed E-state index contributed by atoms with van der Waals surface area (Å²) >= 11 is 0. The fourth-order valence-corrected chi connectivity index (χ4v) is 3.97. The molecule has 1 fully saturated rings. The predicted octanol–water partition coefficient (Wildman–Crippen LogP) is 6.00. The maximum atomic E-state index is 11.6. The van der Waals surface area contributed by atoms with E-state index < -0.39 is 12.1 Å². The van der Waals surface area contributed by atoms with Crippen molar-refractivity contribution < 1.29 is 14.3 Å². The first-order valence-electron chi connectivity index (χ1n) is 12.7. The van der Waals surface area contributed by atoms with Crippen LogP contribution in [0.3, 0.4) is 0 Å². The molecule has 6 heteroatoms. The van der Waals surface area contributed by atoms with Crippen LogP contribution in [0.2, 0.25) is 0 Å². The lowest BCUT2D eigenvalue weighted by Crippen LogP contribution is -2.42. The number of alkyl carbamates (subject to hydrolysis) is 1. The third-order valence-corrected chi connectivity index (χ3v) is 5.86. The monoisotopic (exact) mass is 425 g/mol. The number of amides is 3. The summed E-state index contributed by atoms with van der Waals surface area (Å²) in [6.45, 7) is 6.24. The molecule has 0 spiro atoms. The molecule has 0 aromatic heterocycles. The highest BCUT2D eigenvalue weighted by Crippen LogP contribution is 2.13. The van der Waals surface area contributed by atoms with Crippen LogP contribution < -0.4 is 10.6 Å². The number of nitrogens with zero attached hydrogens (tertiary/aromatic N) is 1. The molecule has 30 heavy (non-hydrogen) atoms.